The van der Waals surface area contributed by atoms with E-state index in [4.69, 9.17) is 4.74 Å². The second-order valence-corrected chi connectivity index (χ2v) is 9.20. The van der Waals surface area contributed by atoms with Crippen LogP contribution in [0.15, 0.2) is 35.0 Å². The smallest absolute Gasteiger partial charge is 0.349 e. The van der Waals surface area contributed by atoms with Gasteiger partial charge in [-0.05, 0) is 62.2 Å². The summed E-state index contributed by atoms with van der Waals surface area (Å²) >= 11 is 2.77. The van der Waals surface area contributed by atoms with Crippen LogP contribution in [0.1, 0.15) is 29.0 Å². The summed E-state index contributed by atoms with van der Waals surface area (Å²) in [6, 6.07) is 7.79. The fourth-order valence-electron chi connectivity index (χ4n) is 4.69. The van der Waals surface area contributed by atoms with E-state index in [-0.39, 0.29) is 6.10 Å². The molecule has 0 aliphatic heterocycles. The largest absolute Gasteiger partial charge is 0.459 e. The summed E-state index contributed by atoms with van der Waals surface area (Å²) < 4.78 is 5.94. The molecule has 0 saturated heterocycles. The van der Waals surface area contributed by atoms with Gasteiger partial charge in [-0.3, -0.25) is 0 Å². The molecule has 0 spiro atoms. The number of esters is 1. The van der Waals surface area contributed by atoms with E-state index in [1.54, 1.807) is 12.1 Å². The molecule has 4 unspecified atom stereocenters. The Morgan fingerprint density at radius 3 is 2.32 bits per heavy atom. The van der Waals surface area contributed by atoms with E-state index in [0.717, 1.165) is 12.8 Å². The van der Waals surface area contributed by atoms with Crippen LogP contribution in [-0.4, -0.2) is 42.2 Å². The van der Waals surface area contributed by atoms with Gasteiger partial charge in [-0.2, -0.15) is 0 Å². The predicted molar refractivity (Wildman–Crippen MR) is 99.8 cm³/mol. The van der Waals surface area contributed by atoms with Crippen molar-refractivity contribution in [1.29, 1.82) is 0 Å². The molecule has 2 aromatic rings. The second-order valence-electron chi connectivity index (χ2n) is 7.30. The van der Waals surface area contributed by atoms with E-state index < -0.39 is 11.6 Å². The lowest BCUT2D eigenvalue weighted by atomic mass is 9.96. The number of hydrogen-bond donors (Lipinski definition) is 1. The molecule has 2 bridgehead atoms. The van der Waals surface area contributed by atoms with E-state index in [9.17, 15) is 9.90 Å². The lowest BCUT2D eigenvalue weighted by Crippen LogP contribution is -2.41. The summed E-state index contributed by atoms with van der Waals surface area (Å²) in [6.07, 6.45) is 3.12. The van der Waals surface area contributed by atoms with Gasteiger partial charge in [0.15, 0.2) is 0 Å². The summed E-state index contributed by atoms with van der Waals surface area (Å²) in [7, 11) is 4.21. The lowest BCUT2D eigenvalue weighted by molar-refractivity contribution is -0.170. The van der Waals surface area contributed by atoms with Gasteiger partial charge in [-0.25, -0.2) is 4.79 Å². The molecule has 0 amide bonds. The highest BCUT2D eigenvalue weighted by Crippen LogP contribution is 2.49. The van der Waals surface area contributed by atoms with Crippen molar-refractivity contribution in [2.45, 2.75) is 37.0 Å². The molecule has 1 N–H and O–H groups in total. The molecule has 2 heterocycles. The average Bonchev–Trinajstić information content (AvgIpc) is 3.37. The Kier molecular flexibility index (Phi) is 4.48. The molecule has 2 aromatic heterocycles. The normalized spacial score (nSPS) is 28.6. The molecule has 0 radical (unpaired) electrons. The van der Waals surface area contributed by atoms with Crippen LogP contribution in [-0.2, 0) is 15.1 Å². The number of carbonyl (C=O) groups excluding carboxylic acids is 1. The van der Waals surface area contributed by atoms with Crippen LogP contribution in [0, 0.1) is 11.8 Å². The summed E-state index contributed by atoms with van der Waals surface area (Å²) in [5.74, 6) is 0.432. The number of fused-ring (bicyclic) bond motifs is 2. The fourth-order valence-corrected chi connectivity index (χ4v) is 6.40. The third kappa shape index (κ3) is 2.76. The van der Waals surface area contributed by atoms with Crippen molar-refractivity contribution >= 4 is 28.6 Å². The zero-order chi connectivity index (χ0) is 17.6. The van der Waals surface area contributed by atoms with Crippen LogP contribution in [0.4, 0.5) is 0 Å². The van der Waals surface area contributed by atoms with Gasteiger partial charge in [0.1, 0.15) is 6.10 Å². The zero-order valence-electron chi connectivity index (χ0n) is 14.4. The predicted octanol–water partition coefficient (Wildman–Crippen LogP) is 3.32. The van der Waals surface area contributed by atoms with Crippen LogP contribution < -0.4 is 0 Å². The van der Waals surface area contributed by atoms with Crippen molar-refractivity contribution < 1.29 is 14.6 Å². The van der Waals surface area contributed by atoms with Crippen molar-refractivity contribution in [1.82, 2.24) is 4.90 Å². The molecule has 2 aliphatic carbocycles. The third-order valence-electron chi connectivity index (χ3n) is 5.71. The molecule has 4 atom stereocenters. The number of carbonyl (C=O) groups is 1. The molecule has 0 aromatic carbocycles. The standard InChI is InChI=1S/C19H23NO3S2/c1-20(2)17-12-7-8-13(17)14(11-12)23-18(21)19(22,15-5-3-9-24-15)16-6-4-10-25-16/h3-6,9-10,12-14,17,22H,7-8,11H2,1-2H3. The van der Waals surface area contributed by atoms with Crippen LogP contribution in [0.2, 0.25) is 0 Å². The topological polar surface area (TPSA) is 49.8 Å². The number of rotatable bonds is 5. The van der Waals surface area contributed by atoms with Gasteiger partial charge in [0.2, 0.25) is 5.60 Å². The molecule has 4 rings (SSSR count). The van der Waals surface area contributed by atoms with Gasteiger partial charge in [0, 0.05) is 12.0 Å². The van der Waals surface area contributed by atoms with Crippen molar-refractivity contribution in [3.63, 3.8) is 0 Å². The Balaban J connectivity index is 1.59. The van der Waals surface area contributed by atoms with E-state index >= 15 is 0 Å². The van der Waals surface area contributed by atoms with Gasteiger partial charge < -0.3 is 14.7 Å². The molecule has 4 nitrogen and oxygen atoms in total. The van der Waals surface area contributed by atoms with Crippen LogP contribution in [0.25, 0.3) is 0 Å². The maximum atomic E-state index is 13.1. The number of nitrogens with zero attached hydrogens (tertiary/aromatic N) is 1. The first-order valence-electron chi connectivity index (χ1n) is 8.69. The van der Waals surface area contributed by atoms with E-state index in [0.29, 0.717) is 27.6 Å². The van der Waals surface area contributed by atoms with Crippen LogP contribution in [0.3, 0.4) is 0 Å². The van der Waals surface area contributed by atoms with Crippen LogP contribution in [0.5, 0.6) is 0 Å². The Hall–Kier alpha value is -1.21. The summed E-state index contributed by atoms with van der Waals surface area (Å²) in [5, 5.41) is 15.1. The fraction of sp³-hybridized carbons (Fsp3) is 0.526. The highest BCUT2D eigenvalue weighted by atomic mass is 32.1. The second kappa shape index (κ2) is 6.50. The highest BCUT2D eigenvalue weighted by Gasteiger charge is 2.53. The lowest BCUT2D eigenvalue weighted by Gasteiger charge is -2.30. The Labute approximate surface area is 156 Å². The Morgan fingerprint density at radius 2 is 1.84 bits per heavy atom. The number of ether oxygens (including phenoxy) is 1. The zero-order valence-corrected chi connectivity index (χ0v) is 16.1. The summed E-state index contributed by atoms with van der Waals surface area (Å²) in [5.41, 5.74) is -1.70. The summed E-state index contributed by atoms with van der Waals surface area (Å²) in [4.78, 5) is 16.6. The van der Waals surface area contributed by atoms with Gasteiger partial charge in [-0.1, -0.05) is 12.1 Å². The van der Waals surface area contributed by atoms with E-state index in [2.05, 4.69) is 19.0 Å². The first-order valence-corrected chi connectivity index (χ1v) is 10.5. The minimum Gasteiger partial charge on any atom is -0.459 e. The molecular weight excluding hydrogens is 354 g/mol. The summed E-state index contributed by atoms with van der Waals surface area (Å²) in [6.45, 7) is 0. The molecule has 2 fully saturated rings. The highest BCUT2D eigenvalue weighted by molar-refractivity contribution is 7.12. The van der Waals surface area contributed by atoms with Crippen LogP contribution >= 0.6 is 22.7 Å². The number of hydrogen-bond acceptors (Lipinski definition) is 6. The number of aliphatic hydroxyl groups is 1. The molecule has 25 heavy (non-hydrogen) atoms. The molecule has 2 aliphatic rings. The monoisotopic (exact) mass is 377 g/mol. The van der Waals surface area contributed by atoms with E-state index in [1.165, 1.54) is 29.1 Å². The minimum atomic E-state index is -1.70. The SMILES string of the molecule is CN(C)C1C2CCC1C(OC(=O)C(O)(c1cccs1)c1cccs1)C2. The van der Waals surface area contributed by atoms with Gasteiger partial charge in [0.25, 0.3) is 0 Å². The molecular formula is C19H23NO3S2. The first kappa shape index (κ1) is 17.2. The maximum absolute atomic E-state index is 13.1. The number of thiophene rings is 2. The van der Waals surface area contributed by atoms with Crippen molar-refractivity contribution in [3.8, 4) is 0 Å². The third-order valence-corrected chi connectivity index (χ3v) is 7.67. The molecule has 6 heteroatoms. The van der Waals surface area contributed by atoms with Crippen molar-refractivity contribution in [3.05, 3.63) is 44.8 Å². The van der Waals surface area contributed by atoms with Crippen molar-refractivity contribution in [2.24, 2.45) is 11.8 Å². The van der Waals surface area contributed by atoms with Gasteiger partial charge in [-0.15, -0.1) is 22.7 Å². The Bertz CT molecular complexity index is 692. The van der Waals surface area contributed by atoms with Gasteiger partial charge in [0.05, 0.1) is 9.75 Å². The average molecular weight is 378 g/mol. The van der Waals surface area contributed by atoms with Crippen molar-refractivity contribution in [2.75, 3.05) is 14.1 Å². The maximum Gasteiger partial charge on any atom is 0.349 e. The Morgan fingerprint density at radius 1 is 1.20 bits per heavy atom. The minimum absolute atomic E-state index is 0.0925. The molecule has 2 saturated carbocycles. The van der Waals surface area contributed by atoms with E-state index in [1.807, 2.05) is 22.9 Å². The molecule has 134 valence electrons. The quantitative estimate of drug-likeness (QED) is 0.812. The first-order chi connectivity index (χ1) is 12.0. The van der Waals surface area contributed by atoms with Gasteiger partial charge >= 0.3 is 5.97 Å².